The summed E-state index contributed by atoms with van der Waals surface area (Å²) in [4.78, 5) is 4.77. The molecule has 4 heteroatoms. The number of nitrogens with zero attached hydrogens (tertiary/aromatic N) is 1. The Labute approximate surface area is 140 Å². The van der Waals surface area contributed by atoms with E-state index in [0.717, 1.165) is 22.7 Å². The van der Waals surface area contributed by atoms with Gasteiger partial charge in [0.2, 0.25) is 0 Å². The summed E-state index contributed by atoms with van der Waals surface area (Å²) in [6.45, 7) is 4.26. The number of ether oxygens (including phenoxy) is 1. The lowest BCUT2D eigenvalue weighted by Crippen LogP contribution is -1.95. The predicted octanol–water partition coefficient (Wildman–Crippen LogP) is 4.61. The van der Waals surface area contributed by atoms with Gasteiger partial charge in [0, 0.05) is 17.4 Å². The summed E-state index contributed by atoms with van der Waals surface area (Å²) in [5.41, 5.74) is 12.6. The summed E-state index contributed by atoms with van der Waals surface area (Å²) in [6.07, 6.45) is 0.781. The molecule has 3 nitrogen and oxygen atoms in total. The maximum absolute atomic E-state index is 5.97. The summed E-state index contributed by atoms with van der Waals surface area (Å²) in [6, 6.07) is 12.4. The van der Waals surface area contributed by atoms with E-state index in [4.69, 9.17) is 15.5 Å². The third kappa shape index (κ3) is 3.37. The molecule has 0 aliphatic heterocycles. The van der Waals surface area contributed by atoms with E-state index in [9.17, 15) is 0 Å². The summed E-state index contributed by atoms with van der Waals surface area (Å²) in [7, 11) is 1.63. The summed E-state index contributed by atoms with van der Waals surface area (Å²) in [5.74, 6) is 0.712. The molecule has 0 saturated carbocycles. The highest BCUT2D eigenvalue weighted by atomic mass is 32.1. The molecule has 0 aliphatic carbocycles. The van der Waals surface area contributed by atoms with Crippen LogP contribution in [0.3, 0.4) is 0 Å². The van der Waals surface area contributed by atoms with E-state index in [1.807, 2.05) is 18.2 Å². The van der Waals surface area contributed by atoms with Crippen molar-refractivity contribution < 1.29 is 4.74 Å². The van der Waals surface area contributed by atoms with Crippen LogP contribution in [0.15, 0.2) is 41.8 Å². The average molecular weight is 324 g/mol. The molecular weight excluding hydrogens is 304 g/mol. The van der Waals surface area contributed by atoms with Gasteiger partial charge in [0.15, 0.2) is 0 Å². The SMILES string of the molecule is COc1ccc(Cc2nc(-c3ccc(C)c(C)c3)cs2)cc1N. The summed E-state index contributed by atoms with van der Waals surface area (Å²) >= 11 is 1.68. The Morgan fingerprint density at radius 1 is 1.09 bits per heavy atom. The molecule has 118 valence electrons. The first-order valence-corrected chi connectivity index (χ1v) is 8.39. The highest BCUT2D eigenvalue weighted by molar-refractivity contribution is 7.10. The molecule has 3 aromatic rings. The topological polar surface area (TPSA) is 48.1 Å². The molecule has 2 aromatic carbocycles. The lowest BCUT2D eigenvalue weighted by Gasteiger charge is -2.06. The van der Waals surface area contributed by atoms with Crippen LogP contribution in [-0.4, -0.2) is 12.1 Å². The number of benzene rings is 2. The minimum absolute atomic E-state index is 0.663. The van der Waals surface area contributed by atoms with Crippen molar-refractivity contribution in [3.8, 4) is 17.0 Å². The molecule has 0 amide bonds. The van der Waals surface area contributed by atoms with Gasteiger partial charge in [-0.05, 0) is 48.7 Å². The summed E-state index contributed by atoms with van der Waals surface area (Å²) in [5, 5.41) is 3.20. The second-order valence-electron chi connectivity index (χ2n) is 5.68. The van der Waals surface area contributed by atoms with E-state index in [1.54, 1.807) is 18.4 Å². The number of methoxy groups -OCH3 is 1. The van der Waals surface area contributed by atoms with Gasteiger partial charge in [-0.15, -0.1) is 11.3 Å². The van der Waals surface area contributed by atoms with Crippen LogP contribution in [0, 0.1) is 13.8 Å². The predicted molar refractivity (Wildman–Crippen MR) is 97.2 cm³/mol. The van der Waals surface area contributed by atoms with Crippen molar-refractivity contribution in [2.45, 2.75) is 20.3 Å². The minimum atomic E-state index is 0.663. The van der Waals surface area contributed by atoms with Crippen LogP contribution in [0.2, 0.25) is 0 Å². The van der Waals surface area contributed by atoms with Crippen molar-refractivity contribution in [1.29, 1.82) is 0 Å². The van der Waals surface area contributed by atoms with Crippen molar-refractivity contribution in [2.75, 3.05) is 12.8 Å². The second-order valence-corrected chi connectivity index (χ2v) is 6.62. The number of anilines is 1. The van der Waals surface area contributed by atoms with Crippen molar-refractivity contribution in [3.05, 3.63) is 63.5 Å². The zero-order valence-electron chi connectivity index (χ0n) is 13.6. The van der Waals surface area contributed by atoms with Crippen LogP contribution in [0.5, 0.6) is 5.75 Å². The molecule has 0 atom stereocenters. The number of hydrogen-bond acceptors (Lipinski definition) is 4. The molecule has 1 aromatic heterocycles. The Morgan fingerprint density at radius 3 is 2.61 bits per heavy atom. The molecule has 0 saturated heterocycles. The van der Waals surface area contributed by atoms with Crippen LogP contribution in [0.1, 0.15) is 21.7 Å². The molecule has 0 spiro atoms. The van der Waals surface area contributed by atoms with Crippen molar-refractivity contribution in [1.82, 2.24) is 4.98 Å². The van der Waals surface area contributed by atoms with E-state index in [-0.39, 0.29) is 0 Å². The molecule has 0 fully saturated rings. The Hall–Kier alpha value is -2.33. The van der Waals surface area contributed by atoms with Crippen molar-refractivity contribution >= 4 is 17.0 Å². The van der Waals surface area contributed by atoms with Crippen molar-refractivity contribution in [3.63, 3.8) is 0 Å². The number of nitrogens with two attached hydrogens (primary N) is 1. The standard InChI is InChI=1S/C19H20N2OS/c1-12-4-6-15(8-13(12)2)17-11-23-19(21-17)10-14-5-7-18(22-3)16(20)9-14/h4-9,11H,10,20H2,1-3H3. The number of nitrogen functional groups attached to an aromatic ring is 1. The van der Waals surface area contributed by atoms with E-state index in [2.05, 4.69) is 37.4 Å². The molecule has 1 heterocycles. The van der Waals surface area contributed by atoms with Crippen LogP contribution < -0.4 is 10.5 Å². The maximum Gasteiger partial charge on any atom is 0.141 e. The molecule has 0 unspecified atom stereocenters. The van der Waals surface area contributed by atoms with Gasteiger partial charge in [-0.1, -0.05) is 18.2 Å². The quantitative estimate of drug-likeness (QED) is 0.713. The molecule has 2 N–H and O–H groups in total. The first-order chi connectivity index (χ1) is 11.1. The Bertz CT molecular complexity index is 839. The van der Waals surface area contributed by atoms with E-state index >= 15 is 0 Å². The smallest absolute Gasteiger partial charge is 0.141 e. The average Bonchev–Trinajstić information content (AvgIpc) is 2.99. The van der Waals surface area contributed by atoms with Crippen LogP contribution in [0.4, 0.5) is 5.69 Å². The molecular formula is C19H20N2OS. The van der Waals surface area contributed by atoms with Gasteiger partial charge in [0.05, 0.1) is 23.5 Å². The van der Waals surface area contributed by atoms with Gasteiger partial charge >= 0.3 is 0 Å². The van der Waals surface area contributed by atoms with Gasteiger partial charge < -0.3 is 10.5 Å². The fraction of sp³-hybridized carbons (Fsp3) is 0.211. The molecule has 0 aliphatic rings. The number of thiazole rings is 1. The Morgan fingerprint density at radius 2 is 1.91 bits per heavy atom. The van der Waals surface area contributed by atoms with Crippen LogP contribution in [-0.2, 0) is 6.42 Å². The number of aromatic nitrogens is 1. The highest BCUT2D eigenvalue weighted by Gasteiger charge is 2.08. The molecule has 0 bridgehead atoms. The van der Waals surface area contributed by atoms with E-state index in [1.165, 1.54) is 16.7 Å². The van der Waals surface area contributed by atoms with Gasteiger partial charge in [-0.2, -0.15) is 0 Å². The third-order valence-electron chi connectivity index (χ3n) is 4.00. The molecule has 0 radical (unpaired) electrons. The monoisotopic (exact) mass is 324 g/mol. The molecule has 3 rings (SSSR count). The lowest BCUT2D eigenvalue weighted by atomic mass is 10.1. The van der Waals surface area contributed by atoms with Crippen LogP contribution in [0.25, 0.3) is 11.3 Å². The minimum Gasteiger partial charge on any atom is -0.495 e. The number of aryl methyl sites for hydroxylation is 2. The first-order valence-electron chi connectivity index (χ1n) is 7.51. The van der Waals surface area contributed by atoms with Gasteiger partial charge in [-0.25, -0.2) is 4.98 Å². The maximum atomic E-state index is 5.97. The van der Waals surface area contributed by atoms with E-state index in [0.29, 0.717) is 11.4 Å². The Balaban J connectivity index is 1.81. The fourth-order valence-electron chi connectivity index (χ4n) is 2.49. The Kier molecular flexibility index (Phi) is 4.35. The first kappa shape index (κ1) is 15.6. The van der Waals surface area contributed by atoms with Gasteiger partial charge in [0.25, 0.3) is 0 Å². The highest BCUT2D eigenvalue weighted by Crippen LogP contribution is 2.27. The third-order valence-corrected chi connectivity index (χ3v) is 4.85. The van der Waals surface area contributed by atoms with Gasteiger partial charge in [-0.3, -0.25) is 0 Å². The number of rotatable bonds is 4. The normalized spacial score (nSPS) is 10.7. The zero-order valence-corrected chi connectivity index (χ0v) is 14.4. The number of hydrogen-bond donors (Lipinski definition) is 1. The second kappa shape index (κ2) is 6.42. The van der Waals surface area contributed by atoms with E-state index < -0.39 is 0 Å². The zero-order chi connectivity index (χ0) is 16.4. The fourth-order valence-corrected chi connectivity index (χ4v) is 3.33. The van der Waals surface area contributed by atoms with Crippen LogP contribution >= 0.6 is 11.3 Å². The largest absolute Gasteiger partial charge is 0.495 e. The summed E-state index contributed by atoms with van der Waals surface area (Å²) < 4.78 is 5.19. The van der Waals surface area contributed by atoms with Crippen molar-refractivity contribution in [2.24, 2.45) is 0 Å². The molecule has 23 heavy (non-hydrogen) atoms. The van der Waals surface area contributed by atoms with Gasteiger partial charge in [0.1, 0.15) is 5.75 Å². The lowest BCUT2D eigenvalue weighted by molar-refractivity contribution is 0.417.